The average Bonchev–Trinajstić information content (AvgIpc) is 2.37. The highest BCUT2D eigenvalue weighted by molar-refractivity contribution is 5.59. The van der Waals surface area contributed by atoms with Crippen LogP contribution >= 0.6 is 0 Å². The maximum absolute atomic E-state index is 10.8. The van der Waals surface area contributed by atoms with Crippen LogP contribution in [0.1, 0.15) is 18.9 Å². The van der Waals surface area contributed by atoms with E-state index in [1.807, 2.05) is 49.4 Å². The molecular formula is C15H16O2. The van der Waals surface area contributed by atoms with Crippen molar-refractivity contribution in [2.75, 3.05) is 0 Å². The molecule has 1 aliphatic rings. The monoisotopic (exact) mass is 228 g/mol. The van der Waals surface area contributed by atoms with E-state index in [2.05, 4.69) is 0 Å². The summed E-state index contributed by atoms with van der Waals surface area (Å²) < 4.78 is 5.73. The van der Waals surface area contributed by atoms with Crippen LogP contribution in [0.3, 0.4) is 0 Å². The molecule has 0 saturated heterocycles. The average molecular weight is 228 g/mol. The Balaban J connectivity index is 1.96. The lowest BCUT2D eigenvalue weighted by molar-refractivity contribution is -0.110. The summed E-state index contributed by atoms with van der Waals surface area (Å²) in [6.45, 7) is 2.55. The predicted octanol–water partition coefficient (Wildman–Crippen LogP) is 3.25. The lowest BCUT2D eigenvalue weighted by Gasteiger charge is -2.17. The van der Waals surface area contributed by atoms with E-state index < -0.39 is 0 Å². The van der Waals surface area contributed by atoms with E-state index in [0.717, 1.165) is 23.2 Å². The fourth-order valence-corrected chi connectivity index (χ4v) is 1.93. The van der Waals surface area contributed by atoms with Gasteiger partial charge in [-0.15, -0.1) is 0 Å². The van der Waals surface area contributed by atoms with Crippen LogP contribution in [0.15, 0.2) is 53.8 Å². The van der Waals surface area contributed by atoms with Crippen molar-refractivity contribution >= 4 is 6.29 Å². The molecule has 0 aromatic heterocycles. The third-order valence-corrected chi connectivity index (χ3v) is 2.74. The Morgan fingerprint density at radius 2 is 2.12 bits per heavy atom. The quantitative estimate of drug-likeness (QED) is 0.739. The summed E-state index contributed by atoms with van der Waals surface area (Å²) in [5.74, 6) is 0.858. The second-order valence-electron chi connectivity index (χ2n) is 4.30. The second-order valence-corrected chi connectivity index (χ2v) is 4.30. The van der Waals surface area contributed by atoms with Gasteiger partial charge in [-0.2, -0.15) is 0 Å². The number of hydrogen-bond acceptors (Lipinski definition) is 2. The van der Waals surface area contributed by atoms with Crippen LogP contribution in [-0.4, -0.2) is 6.29 Å². The first kappa shape index (κ1) is 11.6. The molecule has 0 spiro atoms. The number of benzene rings is 1. The van der Waals surface area contributed by atoms with E-state index in [-0.39, 0.29) is 5.92 Å². The standard InChI is InChI=1S/C15H16O2/c1-12-7-14(10-16)9-15(8-12)17-11-13-5-3-2-4-6-13/h2-8,10,14H,9,11H2,1H3. The van der Waals surface area contributed by atoms with Gasteiger partial charge in [-0.05, 0) is 18.6 Å². The Bertz CT molecular complexity index is 443. The van der Waals surface area contributed by atoms with Gasteiger partial charge in [0, 0.05) is 12.3 Å². The number of aldehydes is 1. The van der Waals surface area contributed by atoms with Crippen molar-refractivity contribution in [3.8, 4) is 0 Å². The summed E-state index contributed by atoms with van der Waals surface area (Å²) in [4.78, 5) is 10.8. The van der Waals surface area contributed by atoms with Gasteiger partial charge in [0.15, 0.2) is 0 Å². The molecule has 1 aliphatic carbocycles. The largest absolute Gasteiger partial charge is 0.493 e. The first-order valence-corrected chi connectivity index (χ1v) is 5.79. The van der Waals surface area contributed by atoms with Crippen molar-refractivity contribution in [1.82, 2.24) is 0 Å². The Morgan fingerprint density at radius 3 is 2.82 bits per heavy atom. The Hall–Kier alpha value is -1.83. The predicted molar refractivity (Wildman–Crippen MR) is 67.2 cm³/mol. The molecule has 0 radical (unpaired) electrons. The zero-order chi connectivity index (χ0) is 12.1. The summed E-state index contributed by atoms with van der Waals surface area (Å²) in [6.07, 6.45) is 5.63. The number of hydrogen-bond donors (Lipinski definition) is 0. The minimum atomic E-state index is -0.0363. The molecular weight excluding hydrogens is 212 g/mol. The topological polar surface area (TPSA) is 26.3 Å². The Labute approximate surface area is 102 Å². The second kappa shape index (κ2) is 5.48. The van der Waals surface area contributed by atoms with Crippen LogP contribution < -0.4 is 0 Å². The smallest absolute Gasteiger partial charge is 0.127 e. The third kappa shape index (κ3) is 3.31. The molecule has 2 rings (SSSR count). The molecule has 0 fully saturated rings. The zero-order valence-electron chi connectivity index (χ0n) is 9.93. The van der Waals surface area contributed by atoms with Gasteiger partial charge in [-0.25, -0.2) is 0 Å². The van der Waals surface area contributed by atoms with Crippen molar-refractivity contribution in [3.63, 3.8) is 0 Å². The third-order valence-electron chi connectivity index (χ3n) is 2.74. The number of carbonyl (C=O) groups is 1. The highest BCUT2D eigenvalue weighted by atomic mass is 16.5. The number of carbonyl (C=O) groups excluding carboxylic acids is 1. The molecule has 0 aliphatic heterocycles. The molecule has 0 heterocycles. The normalized spacial score (nSPS) is 19.2. The molecule has 1 atom stereocenters. The van der Waals surface area contributed by atoms with Crippen molar-refractivity contribution in [2.24, 2.45) is 5.92 Å². The zero-order valence-corrected chi connectivity index (χ0v) is 9.93. The molecule has 0 amide bonds. The van der Waals surface area contributed by atoms with E-state index >= 15 is 0 Å². The molecule has 1 unspecified atom stereocenters. The lowest BCUT2D eigenvalue weighted by atomic mass is 9.97. The Morgan fingerprint density at radius 1 is 1.35 bits per heavy atom. The van der Waals surface area contributed by atoms with Crippen LogP contribution in [0.2, 0.25) is 0 Å². The fourth-order valence-electron chi connectivity index (χ4n) is 1.93. The van der Waals surface area contributed by atoms with Gasteiger partial charge < -0.3 is 9.53 Å². The minimum Gasteiger partial charge on any atom is -0.493 e. The van der Waals surface area contributed by atoms with Crippen LogP contribution in [0, 0.1) is 5.92 Å². The molecule has 2 nitrogen and oxygen atoms in total. The van der Waals surface area contributed by atoms with Gasteiger partial charge in [-0.3, -0.25) is 0 Å². The molecule has 1 aromatic rings. The summed E-state index contributed by atoms with van der Waals surface area (Å²) in [5.41, 5.74) is 2.24. The van der Waals surface area contributed by atoms with E-state index in [9.17, 15) is 4.79 Å². The van der Waals surface area contributed by atoms with Crippen molar-refractivity contribution in [3.05, 3.63) is 59.4 Å². The molecule has 0 bridgehead atoms. The summed E-state index contributed by atoms with van der Waals surface area (Å²) in [5, 5.41) is 0. The fraction of sp³-hybridized carbons (Fsp3) is 0.267. The summed E-state index contributed by atoms with van der Waals surface area (Å²) >= 11 is 0. The van der Waals surface area contributed by atoms with Crippen molar-refractivity contribution in [1.29, 1.82) is 0 Å². The van der Waals surface area contributed by atoms with E-state index in [4.69, 9.17) is 4.74 Å². The summed E-state index contributed by atoms with van der Waals surface area (Å²) in [6, 6.07) is 10.0. The van der Waals surface area contributed by atoms with Crippen molar-refractivity contribution in [2.45, 2.75) is 20.0 Å². The van der Waals surface area contributed by atoms with Crippen LogP contribution in [0.5, 0.6) is 0 Å². The lowest BCUT2D eigenvalue weighted by Crippen LogP contribution is -2.07. The van der Waals surface area contributed by atoms with Gasteiger partial charge in [0.05, 0.1) is 5.76 Å². The molecule has 0 N–H and O–H groups in total. The van der Waals surface area contributed by atoms with E-state index in [1.54, 1.807) is 0 Å². The molecule has 88 valence electrons. The van der Waals surface area contributed by atoms with Gasteiger partial charge in [0.2, 0.25) is 0 Å². The first-order valence-electron chi connectivity index (χ1n) is 5.79. The van der Waals surface area contributed by atoms with Crippen molar-refractivity contribution < 1.29 is 9.53 Å². The van der Waals surface area contributed by atoms with Crippen LogP contribution in [-0.2, 0) is 16.1 Å². The van der Waals surface area contributed by atoms with Gasteiger partial charge in [-0.1, -0.05) is 42.0 Å². The molecule has 2 heteroatoms. The highest BCUT2D eigenvalue weighted by Gasteiger charge is 2.13. The molecule has 17 heavy (non-hydrogen) atoms. The first-order chi connectivity index (χ1) is 8.28. The van der Waals surface area contributed by atoms with Crippen LogP contribution in [0.4, 0.5) is 0 Å². The summed E-state index contributed by atoms with van der Waals surface area (Å²) in [7, 11) is 0. The SMILES string of the molecule is CC1=CC(C=O)CC(OCc2ccccc2)=C1. The van der Waals surface area contributed by atoms with Gasteiger partial charge in [0.1, 0.15) is 12.9 Å². The maximum Gasteiger partial charge on any atom is 0.127 e. The Kier molecular flexibility index (Phi) is 3.76. The number of ether oxygens (including phenoxy) is 1. The highest BCUT2D eigenvalue weighted by Crippen LogP contribution is 2.23. The number of allylic oxidation sites excluding steroid dienone is 4. The van der Waals surface area contributed by atoms with E-state index in [0.29, 0.717) is 13.0 Å². The number of rotatable bonds is 4. The van der Waals surface area contributed by atoms with Gasteiger partial charge in [0.25, 0.3) is 0 Å². The maximum atomic E-state index is 10.8. The molecule has 1 aromatic carbocycles. The van der Waals surface area contributed by atoms with Gasteiger partial charge >= 0.3 is 0 Å². The minimum absolute atomic E-state index is 0.0363. The van der Waals surface area contributed by atoms with Crippen LogP contribution in [0.25, 0.3) is 0 Å². The van der Waals surface area contributed by atoms with E-state index in [1.165, 1.54) is 0 Å². The molecule has 0 saturated carbocycles.